The fraction of sp³-hybridized carbons (Fsp3) is 0.562. The maximum absolute atomic E-state index is 12.0. The zero-order valence-corrected chi connectivity index (χ0v) is 15.2. The first kappa shape index (κ1) is 18.0. The van der Waals surface area contributed by atoms with Crippen molar-refractivity contribution in [3.8, 4) is 5.75 Å². The van der Waals surface area contributed by atoms with Gasteiger partial charge in [-0.1, -0.05) is 29.8 Å². The number of likely N-dealkylation sites (N-methyl/N-ethyl adjacent to an activating group) is 1. The molecular weight excluding hydrogens is 332 g/mol. The molecule has 0 aromatic heterocycles. The van der Waals surface area contributed by atoms with Gasteiger partial charge in [0.1, 0.15) is 5.75 Å². The van der Waals surface area contributed by atoms with Gasteiger partial charge >= 0.3 is 0 Å². The van der Waals surface area contributed by atoms with Crippen LogP contribution in [0.1, 0.15) is 31.9 Å². The van der Waals surface area contributed by atoms with Crippen molar-refractivity contribution in [2.24, 2.45) is 0 Å². The van der Waals surface area contributed by atoms with E-state index in [4.69, 9.17) is 4.74 Å². The Morgan fingerprint density at radius 1 is 1.33 bits per heavy atom. The van der Waals surface area contributed by atoms with Gasteiger partial charge in [-0.25, -0.2) is 0 Å². The second kappa shape index (κ2) is 7.80. The number of hydrogen-bond donors (Lipinski definition) is 1. The molecule has 0 aliphatic heterocycles. The zero-order valence-electron chi connectivity index (χ0n) is 13.7. The van der Waals surface area contributed by atoms with Gasteiger partial charge < -0.3 is 15.0 Å². The standard InChI is InChI=1S/C16H25BrN2O2/c1-10(2)18-9-13-8-14(17)7-11(3)15(13)21-12(4)16(20)19(5)6/h7-8,10,12,18H,9H2,1-6H3. The van der Waals surface area contributed by atoms with E-state index in [9.17, 15) is 4.79 Å². The number of aryl methyl sites for hydroxylation is 1. The molecule has 118 valence electrons. The lowest BCUT2D eigenvalue weighted by molar-refractivity contribution is -0.135. The second-order valence-electron chi connectivity index (χ2n) is 5.74. The first-order valence-electron chi connectivity index (χ1n) is 7.12. The number of nitrogens with one attached hydrogen (secondary N) is 1. The van der Waals surface area contributed by atoms with Crippen molar-refractivity contribution in [1.82, 2.24) is 10.2 Å². The minimum absolute atomic E-state index is 0.0416. The lowest BCUT2D eigenvalue weighted by atomic mass is 10.1. The van der Waals surface area contributed by atoms with Crippen molar-refractivity contribution in [2.45, 2.75) is 46.4 Å². The molecule has 0 bridgehead atoms. The van der Waals surface area contributed by atoms with Crippen LogP contribution >= 0.6 is 15.9 Å². The van der Waals surface area contributed by atoms with Gasteiger partial charge in [0.2, 0.25) is 0 Å². The Labute approximate surface area is 136 Å². The molecular formula is C16H25BrN2O2. The summed E-state index contributed by atoms with van der Waals surface area (Å²) in [6, 6.07) is 4.42. The molecule has 0 aliphatic rings. The third kappa shape index (κ3) is 5.32. The summed E-state index contributed by atoms with van der Waals surface area (Å²) in [5.41, 5.74) is 2.07. The molecule has 0 radical (unpaired) electrons. The van der Waals surface area contributed by atoms with Gasteiger partial charge in [-0.2, -0.15) is 0 Å². The van der Waals surface area contributed by atoms with E-state index in [0.29, 0.717) is 12.6 Å². The predicted octanol–water partition coefficient (Wildman–Crippen LogP) is 3.11. The molecule has 1 aromatic carbocycles. The molecule has 21 heavy (non-hydrogen) atoms. The Balaban J connectivity index is 3.01. The molecule has 0 saturated heterocycles. The van der Waals surface area contributed by atoms with Crippen molar-refractivity contribution in [2.75, 3.05) is 14.1 Å². The van der Waals surface area contributed by atoms with Crippen molar-refractivity contribution in [1.29, 1.82) is 0 Å². The molecule has 0 saturated carbocycles. The molecule has 0 fully saturated rings. The molecule has 1 unspecified atom stereocenters. The van der Waals surface area contributed by atoms with Gasteiger partial charge in [-0.05, 0) is 31.5 Å². The van der Waals surface area contributed by atoms with Gasteiger partial charge in [0.25, 0.3) is 5.91 Å². The predicted molar refractivity (Wildman–Crippen MR) is 89.6 cm³/mol. The number of ether oxygens (including phenoxy) is 1. The van der Waals surface area contributed by atoms with Crippen LogP contribution in [-0.2, 0) is 11.3 Å². The highest BCUT2D eigenvalue weighted by molar-refractivity contribution is 9.10. The third-order valence-electron chi connectivity index (χ3n) is 3.10. The number of rotatable bonds is 6. The summed E-state index contributed by atoms with van der Waals surface area (Å²) >= 11 is 3.51. The van der Waals surface area contributed by atoms with E-state index in [2.05, 4.69) is 35.1 Å². The van der Waals surface area contributed by atoms with Crippen LogP contribution in [-0.4, -0.2) is 37.0 Å². The molecule has 0 spiro atoms. The smallest absolute Gasteiger partial charge is 0.262 e. The molecule has 4 nitrogen and oxygen atoms in total. The average molecular weight is 357 g/mol. The van der Waals surface area contributed by atoms with Crippen LogP contribution < -0.4 is 10.1 Å². The molecule has 5 heteroatoms. The van der Waals surface area contributed by atoms with Crippen molar-refractivity contribution in [3.05, 3.63) is 27.7 Å². The molecule has 1 N–H and O–H groups in total. The first-order valence-corrected chi connectivity index (χ1v) is 7.92. The van der Waals surface area contributed by atoms with E-state index in [0.717, 1.165) is 21.3 Å². The van der Waals surface area contributed by atoms with Crippen LogP contribution in [0, 0.1) is 6.92 Å². The third-order valence-corrected chi connectivity index (χ3v) is 3.56. The summed E-state index contributed by atoms with van der Waals surface area (Å²) in [5.74, 6) is 0.745. The summed E-state index contributed by atoms with van der Waals surface area (Å²) in [6.07, 6.45) is -0.502. The highest BCUT2D eigenvalue weighted by Gasteiger charge is 2.19. The number of nitrogens with zero attached hydrogens (tertiary/aromatic N) is 1. The Morgan fingerprint density at radius 3 is 2.48 bits per heavy atom. The lowest BCUT2D eigenvalue weighted by Gasteiger charge is -2.22. The fourth-order valence-corrected chi connectivity index (χ4v) is 2.62. The number of carbonyl (C=O) groups excluding carboxylic acids is 1. The Bertz CT molecular complexity index is 501. The van der Waals surface area contributed by atoms with E-state index in [-0.39, 0.29) is 5.91 Å². The molecule has 0 heterocycles. The zero-order chi connectivity index (χ0) is 16.2. The minimum atomic E-state index is -0.502. The Kier molecular flexibility index (Phi) is 6.68. The highest BCUT2D eigenvalue weighted by atomic mass is 79.9. The number of amides is 1. The monoisotopic (exact) mass is 356 g/mol. The van der Waals surface area contributed by atoms with E-state index in [1.54, 1.807) is 25.9 Å². The van der Waals surface area contributed by atoms with Gasteiger partial charge in [0, 0.05) is 36.7 Å². The van der Waals surface area contributed by atoms with Crippen LogP contribution in [0.4, 0.5) is 0 Å². The van der Waals surface area contributed by atoms with E-state index >= 15 is 0 Å². The highest BCUT2D eigenvalue weighted by Crippen LogP contribution is 2.29. The maximum Gasteiger partial charge on any atom is 0.262 e. The quantitative estimate of drug-likeness (QED) is 0.851. The summed E-state index contributed by atoms with van der Waals surface area (Å²) < 4.78 is 6.95. The van der Waals surface area contributed by atoms with Crippen molar-refractivity contribution >= 4 is 21.8 Å². The Morgan fingerprint density at radius 2 is 1.95 bits per heavy atom. The van der Waals surface area contributed by atoms with Crippen LogP contribution in [0.2, 0.25) is 0 Å². The molecule has 1 rings (SSSR count). The topological polar surface area (TPSA) is 41.6 Å². The van der Waals surface area contributed by atoms with Crippen LogP contribution in [0.3, 0.4) is 0 Å². The van der Waals surface area contributed by atoms with Gasteiger partial charge in [-0.3, -0.25) is 4.79 Å². The minimum Gasteiger partial charge on any atom is -0.480 e. The van der Waals surface area contributed by atoms with E-state index < -0.39 is 6.10 Å². The fourth-order valence-electron chi connectivity index (χ4n) is 2.00. The van der Waals surface area contributed by atoms with E-state index in [1.807, 2.05) is 19.1 Å². The normalized spacial score (nSPS) is 12.4. The molecule has 1 aromatic rings. The number of hydrogen-bond acceptors (Lipinski definition) is 3. The molecule has 1 amide bonds. The van der Waals surface area contributed by atoms with Gasteiger partial charge in [0.15, 0.2) is 6.10 Å². The Hall–Kier alpha value is -1.07. The first-order chi connectivity index (χ1) is 9.72. The summed E-state index contributed by atoms with van der Waals surface area (Å²) in [6.45, 7) is 8.68. The molecule has 0 aliphatic carbocycles. The second-order valence-corrected chi connectivity index (χ2v) is 6.65. The van der Waals surface area contributed by atoms with Crippen LogP contribution in [0.5, 0.6) is 5.75 Å². The summed E-state index contributed by atoms with van der Waals surface area (Å²) in [7, 11) is 3.47. The van der Waals surface area contributed by atoms with Gasteiger partial charge in [0.05, 0.1) is 0 Å². The number of carbonyl (C=O) groups is 1. The summed E-state index contributed by atoms with van der Waals surface area (Å²) in [4.78, 5) is 13.5. The van der Waals surface area contributed by atoms with Gasteiger partial charge in [-0.15, -0.1) is 0 Å². The maximum atomic E-state index is 12.0. The average Bonchev–Trinajstić information content (AvgIpc) is 2.38. The number of halogens is 1. The largest absolute Gasteiger partial charge is 0.480 e. The SMILES string of the molecule is Cc1cc(Br)cc(CNC(C)C)c1OC(C)C(=O)N(C)C. The van der Waals surface area contributed by atoms with Crippen LogP contribution in [0.15, 0.2) is 16.6 Å². The number of benzene rings is 1. The van der Waals surface area contributed by atoms with Crippen molar-refractivity contribution in [3.63, 3.8) is 0 Å². The summed E-state index contributed by atoms with van der Waals surface area (Å²) in [5, 5.41) is 3.39. The van der Waals surface area contributed by atoms with Crippen LogP contribution in [0.25, 0.3) is 0 Å². The molecule has 1 atom stereocenters. The van der Waals surface area contributed by atoms with E-state index in [1.165, 1.54) is 0 Å². The van der Waals surface area contributed by atoms with Crippen molar-refractivity contribution < 1.29 is 9.53 Å². The lowest BCUT2D eigenvalue weighted by Crippen LogP contribution is -2.35.